The van der Waals surface area contributed by atoms with Gasteiger partial charge in [-0.3, -0.25) is 4.79 Å². The third-order valence-electron chi connectivity index (χ3n) is 5.81. The van der Waals surface area contributed by atoms with Crippen LogP contribution in [0.3, 0.4) is 0 Å². The summed E-state index contributed by atoms with van der Waals surface area (Å²) >= 11 is 0. The van der Waals surface area contributed by atoms with Gasteiger partial charge in [-0.05, 0) is 70.7 Å². The minimum atomic E-state index is 0. The number of aromatic nitrogens is 2. The number of hydrogen-bond acceptors (Lipinski definition) is 3. The fourth-order valence-corrected chi connectivity index (χ4v) is 4.29. The molecule has 1 N–H and O–H groups in total. The van der Waals surface area contributed by atoms with E-state index in [9.17, 15) is 4.79 Å². The molecule has 1 aliphatic heterocycles. The predicted molar refractivity (Wildman–Crippen MR) is 110 cm³/mol. The van der Waals surface area contributed by atoms with Crippen LogP contribution in [0.15, 0.2) is 24.3 Å². The maximum Gasteiger partial charge on any atom is 0.274 e. The van der Waals surface area contributed by atoms with Crippen LogP contribution in [0.1, 0.15) is 46.6 Å². The van der Waals surface area contributed by atoms with E-state index in [1.807, 2.05) is 16.6 Å². The van der Waals surface area contributed by atoms with Crippen LogP contribution in [0.5, 0.6) is 0 Å². The van der Waals surface area contributed by atoms with Crippen LogP contribution in [0, 0.1) is 12.8 Å². The average Bonchev–Trinajstić information content (AvgIpc) is 3.26. The Morgan fingerprint density at radius 3 is 2.56 bits per heavy atom. The van der Waals surface area contributed by atoms with Crippen LogP contribution in [-0.2, 0) is 12.8 Å². The molecule has 2 aliphatic rings. The minimum absolute atomic E-state index is 0. The van der Waals surface area contributed by atoms with Crippen molar-refractivity contribution in [2.24, 2.45) is 5.92 Å². The summed E-state index contributed by atoms with van der Waals surface area (Å²) in [5.74, 6) is 0.803. The van der Waals surface area contributed by atoms with Crippen molar-refractivity contribution in [2.75, 3.05) is 26.7 Å². The number of halogens is 1. The maximum atomic E-state index is 13.2. The molecule has 0 bridgehead atoms. The van der Waals surface area contributed by atoms with Gasteiger partial charge in [-0.15, -0.1) is 12.4 Å². The third kappa shape index (κ3) is 3.90. The van der Waals surface area contributed by atoms with Gasteiger partial charge < -0.3 is 10.2 Å². The summed E-state index contributed by atoms with van der Waals surface area (Å²) in [5.41, 5.74) is 5.37. The molecule has 1 saturated heterocycles. The number of benzene rings is 1. The molecule has 4 rings (SSSR count). The van der Waals surface area contributed by atoms with Gasteiger partial charge >= 0.3 is 0 Å². The second-order valence-electron chi connectivity index (χ2n) is 7.67. The number of piperidine rings is 1. The first-order valence-electron chi connectivity index (χ1n) is 9.79. The lowest BCUT2D eigenvalue weighted by Crippen LogP contribution is -2.40. The highest BCUT2D eigenvalue weighted by Gasteiger charge is 2.31. The Balaban J connectivity index is 0.00000210. The molecule has 0 atom stereocenters. The molecule has 1 amide bonds. The van der Waals surface area contributed by atoms with Crippen molar-refractivity contribution in [3.8, 4) is 5.69 Å². The Morgan fingerprint density at radius 1 is 1.19 bits per heavy atom. The van der Waals surface area contributed by atoms with Crippen molar-refractivity contribution >= 4 is 18.3 Å². The van der Waals surface area contributed by atoms with E-state index in [-0.39, 0.29) is 18.3 Å². The summed E-state index contributed by atoms with van der Waals surface area (Å²) in [7, 11) is 2.00. The van der Waals surface area contributed by atoms with Crippen molar-refractivity contribution < 1.29 is 4.79 Å². The van der Waals surface area contributed by atoms with Gasteiger partial charge in [0.25, 0.3) is 5.91 Å². The molecule has 0 radical (unpaired) electrons. The first-order valence-corrected chi connectivity index (χ1v) is 9.79. The number of nitrogens with one attached hydrogen (secondary N) is 1. The van der Waals surface area contributed by atoms with Gasteiger partial charge in [0, 0.05) is 24.3 Å². The molecule has 27 heavy (non-hydrogen) atoms. The third-order valence-corrected chi connectivity index (χ3v) is 5.81. The predicted octanol–water partition coefficient (Wildman–Crippen LogP) is 3.16. The Morgan fingerprint density at radius 2 is 1.89 bits per heavy atom. The van der Waals surface area contributed by atoms with E-state index < -0.39 is 0 Å². The number of hydrogen-bond donors (Lipinski definition) is 1. The van der Waals surface area contributed by atoms with E-state index in [2.05, 4.69) is 36.5 Å². The van der Waals surface area contributed by atoms with Crippen molar-refractivity contribution in [3.63, 3.8) is 0 Å². The molecule has 1 aliphatic carbocycles. The zero-order chi connectivity index (χ0) is 18.1. The Hall–Kier alpha value is -1.85. The number of fused-ring (bicyclic) bond motifs is 1. The minimum Gasteiger partial charge on any atom is -0.337 e. The van der Waals surface area contributed by atoms with Gasteiger partial charge in [-0.2, -0.15) is 5.10 Å². The molecule has 1 aromatic heterocycles. The molecule has 2 heterocycles. The number of likely N-dealkylation sites (tertiary alicyclic amines) is 1. The number of carbonyl (C=O) groups is 1. The Labute approximate surface area is 167 Å². The summed E-state index contributed by atoms with van der Waals surface area (Å²) in [5, 5.41) is 8.03. The standard InChI is InChI=1S/C21H28N4O.ClH/c1-15-6-8-17(9-7-15)25-19-5-3-4-18(19)20(23-25)21(26)24-12-10-16(11-13-24)14-22-2;/h6-9,16,22H,3-5,10-14H2,1-2H3;1H. The van der Waals surface area contributed by atoms with Crippen molar-refractivity contribution in [1.82, 2.24) is 20.0 Å². The van der Waals surface area contributed by atoms with Crippen molar-refractivity contribution in [1.29, 1.82) is 0 Å². The normalized spacial score (nSPS) is 16.9. The zero-order valence-corrected chi connectivity index (χ0v) is 17.0. The largest absolute Gasteiger partial charge is 0.337 e. The van der Waals surface area contributed by atoms with Gasteiger partial charge in [-0.25, -0.2) is 4.68 Å². The Kier molecular flexibility index (Phi) is 6.22. The van der Waals surface area contributed by atoms with Crippen LogP contribution < -0.4 is 5.32 Å². The monoisotopic (exact) mass is 388 g/mol. The van der Waals surface area contributed by atoms with Gasteiger partial charge in [0.1, 0.15) is 0 Å². The second-order valence-corrected chi connectivity index (χ2v) is 7.67. The molecule has 1 aromatic carbocycles. The van der Waals surface area contributed by atoms with E-state index in [1.165, 1.54) is 16.8 Å². The number of amides is 1. The summed E-state index contributed by atoms with van der Waals surface area (Å²) < 4.78 is 2.00. The number of aryl methyl sites for hydroxylation is 1. The van der Waals surface area contributed by atoms with Crippen molar-refractivity contribution in [3.05, 3.63) is 46.8 Å². The van der Waals surface area contributed by atoms with Gasteiger partial charge in [0.15, 0.2) is 5.69 Å². The zero-order valence-electron chi connectivity index (χ0n) is 16.2. The highest BCUT2D eigenvalue weighted by Crippen LogP contribution is 2.29. The number of nitrogens with zero attached hydrogens (tertiary/aromatic N) is 3. The average molecular weight is 389 g/mol. The summed E-state index contributed by atoms with van der Waals surface area (Å²) in [6.45, 7) is 4.82. The van der Waals surface area contributed by atoms with E-state index in [1.54, 1.807) is 0 Å². The first-order chi connectivity index (χ1) is 12.7. The molecular formula is C21H29ClN4O. The molecule has 6 heteroatoms. The number of carbonyl (C=O) groups excluding carboxylic acids is 1. The van der Waals surface area contributed by atoms with Crippen LogP contribution >= 0.6 is 12.4 Å². The lowest BCUT2D eigenvalue weighted by atomic mass is 9.96. The molecule has 0 saturated carbocycles. The van der Waals surface area contributed by atoms with E-state index in [4.69, 9.17) is 5.10 Å². The van der Waals surface area contributed by atoms with Crippen LogP contribution in [0.25, 0.3) is 5.69 Å². The molecular weight excluding hydrogens is 360 g/mol. The first kappa shape index (κ1) is 19.9. The highest BCUT2D eigenvalue weighted by atomic mass is 35.5. The van der Waals surface area contributed by atoms with Gasteiger partial charge in [-0.1, -0.05) is 17.7 Å². The molecule has 146 valence electrons. The summed E-state index contributed by atoms with van der Waals surface area (Å²) in [4.78, 5) is 15.2. The highest BCUT2D eigenvalue weighted by molar-refractivity contribution is 5.94. The maximum absolute atomic E-state index is 13.2. The quantitative estimate of drug-likeness (QED) is 0.875. The van der Waals surface area contributed by atoms with Crippen molar-refractivity contribution in [2.45, 2.75) is 39.0 Å². The SMILES string of the molecule is CNCC1CCN(C(=O)c2nn(-c3ccc(C)cc3)c3c2CCC3)CC1.Cl. The molecule has 1 fully saturated rings. The Bertz CT molecular complexity index is 791. The molecule has 2 aromatic rings. The van der Waals surface area contributed by atoms with Crippen LogP contribution in [-0.4, -0.2) is 47.3 Å². The van der Waals surface area contributed by atoms with Crippen LogP contribution in [0.4, 0.5) is 0 Å². The fraction of sp³-hybridized carbons (Fsp3) is 0.524. The topological polar surface area (TPSA) is 50.2 Å². The molecule has 0 unspecified atom stereocenters. The van der Waals surface area contributed by atoms with Crippen LogP contribution in [0.2, 0.25) is 0 Å². The van der Waals surface area contributed by atoms with E-state index in [0.29, 0.717) is 11.6 Å². The summed E-state index contributed by atoms with van der Waals surface area (Å²) in [6.07, 6.45) is 5.25. The molecule has 0 spiro atoms. The summed E-state index contributed by atoms with van der Waals surface area (Å²) in [6, 6.07) is 8.40. The van der Waals surface area contributed by atoms with Gasteiger partial charge in [0.05, 0.1) is 5.69 Å². The smallest absolute Gasteiger partial charge is 0.274 e. The molecule has 5 nitrogen and oxygen atoms in total. The second kappa shape index (κ2) is 8.44. The fourth-order valence-electron chi connectivity index (χ4n) is 4.29. The van der Waals surface area contributed by atoms with E-state index in [0.717, 1.165) is 57.4 Å². The lowest BCUT2D eigenvalue weighted by molar-refractivity contribution is 0.0683. The lowest BCUT2D eigenvalue weighted by Gasteiger charge is -2.31. The van der Waals surface area contributed by atoms with Gasteiger partial charge in [0.2, 0.25) is 0 Å². The van der Waals surface area contributed by atoms with E-state index >= 15 is 0 Å². The number of rotatable bonds is 4.